The highest BCUT2D eigenvalue weighted by Gasteiger charge is 2.30. The van der Waals surface area contributed by atoms with Gasteiger partial charge in [0.25, 0.3) is 5.56 Å². The molecule has 260 valence electrons. The maximum Gasteiger partial charge on any atom is 0.278 e. The number of aryl methyl sites for hydroxylation is 1. The van der Waals surface area contributed by atoms with Crippen molar-refractivity contribution in [3.05, 3.63) is 129 Å². The molecule has 2 heterocycles. The Hall–Kier alpha value is -4.71. The van der Waals surface area contributed by atoms with Gasteiger partial charge in [0.1, 0.15) is 11.4 Å². The van der Waals surface area contributed by atoms with Gasteiger partial charge in [-0.1, -0.05) is 150 Å². The van der Waals surface area contributed by atoms with Gasteiger partial charge in [0.15, 0.2) is 11.6 Å². The van der Waals surface area contributed by atoms with Gasteiger partial charge in [-0.3, -0.25) is 14.2 Å². The summed E-state index contributed by atoms with van der Waals surface area (Å²) in [6.07, 6.45) is 20.3. The second-order valence-electron chi connectivity index (χ2n) is 14.2. The van der Waals surface area contributed by atoms with Crippen LogP contribution >= 0.6 is 0 Å². The molecule has 6 rings (SSSR count). The van der Waals surface area contributed by atoms with E-state index in [2.05, 4.69) is 37.0 Å². The maximum absolute atomic E-state index is 13.7. The van der Waals surface area contributed by atoms with E-state index >= 15 is 0 Å². The van der Waals surface area contributed by atoms with E-state index in [-0.39, 0.29) is 23.0 Å². The van der Waals surface area contributed by atoms with Crippen molar-refractivity contribution in [2.75, 3.05) is 0 Å². The highest BCUT2D eigenvalue weighted by Crippen LogP contribution is 2.34. The first-order valence-corrected chi connectivity index (χ1v) is 18.7. The third-order valence-corrected chi connectivity index (χ3v) is 10.2. The van der Waals surface area contributed by atoms with Gasteiger partial charge in [-0.25, -0.2) is 4.98 Å². The van der Waals surface area contributed by atoms with E-state index in [1.165, 1.54) is 64.2 Å². The summed E-state index contributed by atoms with van der Waals surface area (Å²) >= 11 is 0. The monoisotopic (exact) mass is 669 g/mol. The number of ketones is 1. The van der Waals surface area contributed by atoms with Gasteiger partial charge < -0.3 is 10.1 Å². The molecule has 1 aliphatic carbocycles. The summed E-state index contributed by atoms with van der Waals surface area (Å²) in [7, 11) is 0. The number of allylic oxidation sites excluding steroid dienone is 2. The Balaban J connectivity index is 1.08. The zero-order chi connectivity index (χ0) is 34.9. The number of Topliss-reactive ketones (excluding diaryl/α,β-unsaturated/α-hetero) is 1. The minimum atomic E-state index is -0.138. The van der Waals surface area contributed by atoms with Crippen LogP contribution in [-0.4, -0.2) is 25.4 Å². The summed E-state index contributed by atoms with van der Waals surface area (Å²) in [5.74, 6) is 1.12. The third kappa shape index (κ3) is 8.71. The second kappa shape index (κ2) is 16.8. The number of rotatable bonds is 18. The Morgan fingerprint density at radius 3 is 1.94 bits per heavy atom. The van der Waals surface area contributed by atoms with E-state index in [1.807, 2.05) is 54.7 Å². The molecular formula is C44H51N3O3. The fourth-order valence-corrected chi connectivity index (χ4v) is 7.05. The normalized spacial score (nSPS) is 14.2. The highest BCUT2D eigenvalue weighted by molar-refractivity contribution is 6.28. The molecule has 0 saturated heterocycles. The summed E-state index contributed by atoms with van der Waals surface area (Å²) in [4.78, 5) is 35.1. The number of aromatic nitrogens is 3. The standard InChI is InChI=1S/C44H51N3O3/c1-3-4-5-6-7-8-9-10-11-12-13-14-36-29-38(42(36)49)34-23-17-32(18-24-34)28-40-44(50)47-30-41(35-21-15-31(2)16-22-35)45-39(43(47)46-40)27-33-19-25-37(48)26-20-33/h15-26,29-30,36,45,48H,3-14,27-28H2,1-2H3. The molecule has 0 radical (unpaired) electrons. The highest BCUT2D eigenvalue weighted by atomic mass is 16.3. The maximum atomic E-state index is 13.7. The van der Waals surface area contributed by atoms with Crippen LogP contribution in [0.4, 0.5) is 0 Å². The van der Waals surface area contributed by atoms with E-state index in [9.17, 15) is 14.7 Å². The Bertz CT molecular complexity index is 1910. The number of hydrogen-bond donors (Lipinski definition) is 2. The molecule has 2 aliphatic heterocycles. The SMILES string of the molecule is CCCCCCCCCCCCCC1C=C(c2ccc(Cc3nc4c(Cc5ccc(O)cc5)[nH]c(-c5ccc(C)cc5)cn-4c3=O)cc2)C1=O. The number of imidazole rings is 1. The van der Waals surface area contributed by atoms with Crippen molar-refractivity contribution < 1.29 is 9.90 Å². The average Bonchev–Trinajstić information content (AvgIpc) is 3.44. The lowest BCUT2D eigenvalue weighted by Gasteiger charge is -2.24. The number of aromatic hydroxyl groups is 1. The van der Waals surface area contributed by atoms with E-state index < -0.39 is 0 Å². The fraction of sp³-hybridized carbons (Fsp3) is 0.386. The van der Waals surface area contributed by atoms with Gasteiger partial charge in [-0.05, 0) is 47.7 Å². The molecule has 0 aromatic heterocycles. The summed E-state index contributed by atoms with van der Waals surface area (Å²) < 4.78 is 1.65. The Labute approximate surface area is 296 Å². The second-order valence-corrected chi connectivity index (χ2v) is 14.2. The number of hydrogen-bond acceptors (Lipinski definition) is 4. The van der Waals surface area contributed by atoms with Crippen molar-refractivity contribution in [2.45, 2.75) is 104 Å². The van der Waals surface area contributed by atoms with E-state index in [0.29, 0.717) is 24.4 Å². The molecule has 0 bridgehead atoms. The fourth-order valence-electron chi connectivity index (χ4n) is 7.05. The van der Waals surface area contributed by atoms with Gasteiger partial charge >= 0.3 is 0 Å². The van der Waals surface area contributed by atoms with E-state index in [4.69, 9.17) is 4.98 Å². The van der Waals surface area contributed by atoms with Crippen molar-refractivity contribution in [2.24, 2.45) is 5.92 Å². The van der Waals surface area contributed by atoms with Gasteiger partial charge in [0.2, 0.25) is 0 Å². The number of nitrogens with one attached hydrogen (secondary N) is 1. The minimum Gasteiger partial charge on any atom is -0.508 e. The molecule has 0 saturated carbocycles. The molecule has 3 aliphatic rings. The lowest BCUT2D eigenvalue weighted by atomic mass is 9.78. The first kappa shape index (κ1) is 35.1. The number of H-pyrrole nitrogens is 1. The van der Waals surface area contributed by atoms with Crippen LogP contribution in [0.15, 0.2) is 89.9 Å². The van der Waals surface area contributed by atoms with Gasteiger partial charge in [-0.15, -0.1) is 0 Å². The van der Waals surface area contributed by atoms with Crippen LogP contribution in [0.5, 0.6) is 5.75 Å². The largest absolute Gasteiger partial charge is 0.508 e. The van der Waals surface area contributed by atoms with Crippen LogP contribution in [0.1, 0.15) is 118 Å². The Morgan fingerprint density at radius 2 is 1.30 bits per heavy atom. The topological polar surface area (TPSA) is 88.0 Å². The predicted molar refractivity (Wildman–Crippen MR) is 203 cm³/mol. The summed E-state index contributed by atoms with van der Waals surface area (Å²) in [6, 6.07) is 23.3. The number of fused-ring (bicyclic) bond motifs is 1. The van der Waals surface area contributed by atoms with Crippen LogP contribution in [-0.2, 0) is 17.6 Å². The first-order chi connectivity index (χ1) is 24.4. The van der Waals surface area contributed by atoms with Gasteiger partial charge in [0, 0.05) is 30.5 Å². The molecule has 0 amide bonds. The lowest BCUT2D eigenvalue weighted by Crippen LogP contribution is -2.23. The third-order valence-electron chi connectivity index (χ3n) is 10.2. The van der Waals surface area contributed by atoms with E-state index in [0.717, 1.165) is 57.6 Å². The molecule has 3 aromatic rings. The molecule has 0 spiro atoms. The van der Waals surface area contributed by atoms with Crippen molar-refractivity contribution in [3.63, 3.8) is 0 Å². The van der Waals surface area contributed by atoms with Gasteiger partial charge in [-0.2, -0.15) is 0 Å². The summed E-state index contributed by atoms with van der Waals surface area (Å²) in [6.45, 7) is 4.32. The van der Waals surface area contributed by atoms with Gasteiger partial charge in [0.05, 0.1) is 11.4 Å². The molecular weight excluding hydrogens is 619 g/mol. The minimum absolute atomic E-state index is 0.0571. The molecule has 1 atom stereocenters. The van der Waals surface area contributed by atoms with Crippen molar-refractivity contribution in [1.29, 1.82) is 0 Å². The molecule has 3 aromatic carbocycles. The molecule has 50 heavy (non-hydrogen) atoms. The summed E-state index contributed by atoms with van der Waals surface area (Å²) in [5, 5.41) is 9.78. The van der Waals surface area contributed by atoms with Crippen molar-refractivity contribution >= 4 is 11.4 Å². The average molecular weight is 670 g/mol. The van der Waals surface area contributed by atoms with Crippen LogP contribution < -0.4 is 5.56 Å². The molecule has 1 unspecified atom stereocenters. The number of benzene rings is 3. The quantitative estimate of drug-likeness (QED) is 0.0909. The number of carbonyl (C=O) groups is 1. The first-order valence-electron chi connectivity index (χ1n) is 18.7. The predicted octanol–water partition coefficient (Wildman–Crippen LogP) is 10.1. The number of unbranched alkanes of at least 4 members (excludes halogenated alkanes) is 10. The zero-order valence-electron chi connectivity index (χ0n) is 29.7. The number of carbonyl (C=O) groups excluding carboxylic acids is 1. The molecule has 2 N–H and O–H groups in total. The number of nitrogens with zero attached hydrogens (tertiary/aromatic N) is 2. The Morgan fingerprint density at radius 1 is 0.720 bits per heavy atom. The van der Waals surface area contributed by atoms with Crippen LogP contribution in [0.25, 0.3) is 22.6 Å². The number of phenolic OH excluding ortho intramolecular Hbond substituents is 1. The van der Waals surface area contributed by atoms with Crippen LogP contribution in [0.2, 0.25) is 0 Å². The van der Waals surface area contributed by atoms with E-state index in [1.54, 1.807) is 16.7 Å². The summed E-state index contributed by atoms with van der Waals surface area (Å²) in [5.41, 5.74) is 7.87. The van der Waals surface area contributed by atoms with Crippen molar-refractivity contribution in [1.82, 2.24) is 14.5 Å². The number of aromatic amines is 1. The Kier molecular flexibility index (Phi) is 11.8. The lowest BCUT2D eigenvalue weighted by molar-refractivity contribution is -0.117. The van der Waals surface area contributed by atoms with Crippen LogP contribution in [0, 0.1) is 12.8 Å². The number of phenols is 1. The zero-order valence-corrected chi connectivity index (χ0v) is 29.7. The van der Waals surface area contributed by atoms with Crippen LogP contribution in [0.3, 0.4) is 0 Å². The molecule has 6 heteroatoms. The molecule has 0 fully saturated rings. The smallest absolute Gasteiger partial charge is 0.278 e. The molecule has 6 nitrogen and oxygen atoms in total. The van der Waals surface area contributed by atoms with Crippen molar-refractivity contribution in [3.8, 4) is 22.8 Å².